The lowest BCUT2D eigenvalue weighted by atomic mass is 10.1. The number of alkyl halides is 3. The van der Waals surface area contributed by atoms with Crippen molar-refractivity contribution in [1.82, 2.24) is 9.97 Å². The molecular weight excluding hydrogens is 453 g/mol. The SMILES string of the molecule is C[C@H](Nc1cc(C(N)=O)nc(-c2ccc(Oc3ccc(C#N)cc3)cc2C(F)(F)F)n1)C(N)=O. The summed E-state index contributed by atoms with van der Waals surface area (Å²) in [5.74, 6) is -2.23. The van der Waals surface area contributed by atoms with Crippen molar-refractivity contribution in [2.24, 2.45) is 11.5 Å². The quantitative estimate of drug-likeness (QED) is 0.478. The highest BCUT2D eigenvalue weighted by atomic mass is 19.4. The van der Waals surface area contributed by atoms with Crippen molar-refractivity contribution in [2.75, 3.05) is 5.32 Å². The van der Waals surface area contributed by atoms with E-state index < -0.39 is 41.0 Å². The first-order valence-corrected chi connectivity index (χ1v) is 9.62. The number of amides is 2. The maximum absolute atomic E-state index is 13.9. The molecule has 1 atom stereocenters. The summed E-state index contributed by atoms with van der Waals surface area (Å²) in [6, 6.07) is 11.0. The fourth-order valence-electron chi connectivity index (χ4n) is 2.81. The van der Waals surface area contributed by atoms with Crippen molar-refractivity contribution in [3.8, 4) is 29.0 Å². The number of ether oxygens (including phenoxy) is 1. The van der Waals surface area contributed by atoms with Gasteiger partial charge in [-0.3, -0.25) is 9.59 Å². The van der Waals surface area contributed by atoms with Crippen LogP contribution >= 0.6 is 0 Å². The first-order valence-electron chi connectivity index (χ1n) is 9.62. The largest absolute Gasteiger partial charge is 0.457 e. The second kappa shape index (κ2) is 9.45. The summed E-state index contributed by atoms with van der Waals surface area (Å²) in [6.45, 7) is 1.41. The number of nitrogens with zero attached hydrogens (tertiary/aromatic N) is 3. The van der Waals surface area contributed by atoms with Gasteiger partial charge >= 0.3 is 6.18 Å². The molecule has 174 valence electrons. The van der Waals surface area contributed by atoms with Crippen molar-refractivity contribution in [2.45, 2.75) is 19.1 Å². The molecular formula is C22H17F3N6O3. The number of hydrogen-bond donors (Lipinski definition) is 3. The minimum atomic E-state index is -4.83. The minimum absolute atomic E-state index is 0.115. The third kappa shape index (κ3) is 5.57. The number of hydrogen-bond acceptors (Lipinski definition) is 7. The van der Waals surface area contributed by atoms with Crippen LogP contribution in [0.3, 0.4) is 0 Å². The lowest BCUT2D eigenvalue weighted by Crippen LogP contribution is -2.33. The lowest BCUT2D eigenvalue weighted by Gasteiger charge is -2.16. The first-order chi connectivity index (χ1) is 16.0. The maximum atomic E-state index is 13.9. The van der Waals surface area contributed by atoms with E-state index in [-0.39, 0.29) is 23.0 Å². The van der Waals surface area contributed by atoms with Crippen molar-refractivity contribution >= 4 is 17.6 Å². The number of carbonyl (C=O) groups is 2. The zero-order chi connectivity index (χ0) is 25.0. The van der Waals surface area contributed by atoms with Gasteiger partial charge in [0.15, 0.2) is 5.82 Å². The number of nitriles is 1. The van der Waals surface area contributed by atoms with Gasteiger partial charge in [0.05, 0.1) is 17.2 Å². The number of halogens is 3. The van der Waals surface area contributed by atoms with Crippen LogP contribution in [0.25, 0.3) is 11.4 Å². The predicted octanol–water partition coefficient (Wildman–Crippen LogP) is 3.21. The molecule has 12 heteroatoms. The van der Waals surface area contributed by atoms with Gasteiger partial charge in [0.1, 0.15) is 29.1 Å². The molecule has 3 rings (SSSR count). The van der Waals surface area contributed by atoms with E-state index in [0.717, 1.165) is 18.2 Å². The fraction of sp³-hybridized carbons (Fsp3) is 0.136. The zero-order valence-electron chi connectivity index (χ0n) is 17.6. The van der Waals surface area contributed by atoms with Crippen molar-refractivity contribution in [3.05, 3.63) is 65.4 Å². The highest BCUT2D eigenvalue weighted by molar-refractivity contribution is 5.92. The zero-order valence-corrected chi connectivity index (χ0v) is 17.6. The Morgan fingerprint density at radius 3 is 2.26 bits per heavy atom. The van der Waals surface area contributed by atoms with Crippen LogP contribution in [-0.4, -0.2) is 27.8 Å². The number of nitrogens with one attached hydrogen (secondary N) is 1. The number of primary amides is 2. The fourth-order valence-corrected chi connectivity index (χ4v) is 2.81. The Balaban J connectivity index is 2.07. The summed E-state index contributed by atoms with van der Waals surface area (Å²) < 4.78 is 47.2. The molecule has 0 fully saturated rings. The number of rotatable bonds is 7. The maximum Gasteiger partial charge on any atom is 0.417 e. The molecule has 9 nitrogen and oxygen atoms in total. The highest BCUT2D eigenvalue weighted by Gasteiger charge is 2.35. The molecule has 0 aliphatic rings. The Kier molecular flexibility index (Phi) is 6.67. The molecule has 34 heavy (non-hydrogen) atoms. The third-order valence-corrected chi connectivity index (χ3v) is 4.53. The van der Waals surface area contributed by atoms with E-state index in [9.17, 15) is 22.8 Å². The molecule has 0 spiro atoms. The van der Waals surface area contributed by atoms with Crippen LogP contribution in [0.5, 0.6) is 11.5 Å². The standard InChI is InChI=1S/C22H17F3N6O3/c1-11(19(27)32)29-18-9-17(20(28)33)30-21(31-18)15-7-6-14(8-16(15)22(23,24)25)34-13-4-2-12(10-26)3-5-13/h2-9,11H,1H3,(H2,27,32)(H2,28,33)(H,29,30,31)/t11-/m0/s1. The molecule has 5 N–H and O–H groups in total. The lowest BCUT2D eigenvalue weighted by molar-refractivity contribution is -0.137. The monoisotopic (exact) mass is 470 g/mol. The molecule has 0 bridgehead atoms. The molecule has 3 aromatic rings. The van der Waals surface area contributed by atoms with Crippen LogP contribution in [-0.2, 0) is 11.0 Å². The summed E-state index contributed by atoms with van der Waals surface area (Å²) in [5.41, 5.74) is 8.88. The van der Waals surface area contributed by atoms with Crippen molar-refractivity contribution in [1.29, 1.82) is 5.26 Å². The summed E-state index contributed by atoms with van der Waals surface area (Å²) in [6.07, 6.45) is -4.83. The van der Waals surface area contributed by atoms with E-state index in [4.69, 9.17) is 21.5 Å². The normalized spacial score (nSPS) is 11.9. The van der Waals surface area contributed by atoms with Crippen LogP contribution in [0.2, 0.25) is 0 Å². The third-order valence-electron chi connectivity index (χ3n) is 4.53. The van der Waals surface area contributed by atoms with Crippen molar-refractivity contribution < 1.29 is 27.5 Å². The Morgan fingerprint density at radius 2 is 1.71 bits per heavy atom. The second-order valence-electron chi connectivity index (χ2n) is 7.04. The predicted molar refractivity (Wildman–Crippen MR) is 114 cm³/mol. The number of benzene rings is 2. The van der Waals surface area contributed by atoms with Crippen LogP contribution in [0.4, 0.5) is 19.0 Å². The summed E-state index contributed by atoms with van der Waals surface area (Å²) in [5, 5.41) is 11.4. The van der Waals surface area contributed by atoms with Crippen LogP contribution in [0.15, 0.2) is 48.5 Å². The number of aromatic nitrogens is 2. The molecule has 1 heterocycles. The van der Waals surface area contributed by atoms with Gasteiger partial charge in [0, 0.05) is 11.6 Å². The number of anilines is 1. The molecule has 0 unspecified atom stereocenters. The number of nitrogens with two attached hydrogens (primary N) is 2. The molecule has 2 amide bonds. The molecule has 0 saturated heterocycles. The number of carbonyl (C=O) groups excluding carboxylic acids is 2. The van der Waals surface area contributed by atoms with E-state index in [1.807, 2.05) is 6.07 Å². The molecule has 0 aliphatic heterocycles. The van der Waals surface area contributed by atoms with Gasteiger partial charge in [-0.05, 0) is 49.4 Å². The Labute approximate surface area is 191 Å². The van der Waals surface area contributed by atoms with E-state index in [1.54, 1.807) is 0 Å². The Hall–Kier alpha value is -4.66. The summed E-state index contributed by atoms with van der Waals surface area (Å²) in [7, 11) is 0. The van der Waals surface area contributed by atoms with Gasteiger partial charge in [0.2, 0.25) is 5.91 Å². The van der Waals surface area contributed by atoms with E-state index >= 15 is 0 Å². The molecule has 0 aliphatic carbocycles. The van der Waals surface area contributed by atoms with E-state index in [0.29, 0.717) is 5.56 Å². The summed E-state index contributed by atoms with van der Waals surface area (Å²) in [4.78, 5) is 30.9. The second-order valence-corrected chi connectivity index (χ2v) is 7.04. The average Bonchev–Trinajstić information content (AvgIpc) is 2.78. The minimum Gasteiger partial charge on any atom is -0.457 e. The van der Waals surface area contributed by atoms with Gasteiger partial charge in [-0.1, -0.05) is 0 Å². The Morgan fingerprint density at radius 1 is 1.06 bits per heavy atom. The van der Waals surface area contributed by atoms with Crippen LogP contribution in [0, 0.1) is 11.3 Å². The topological polar surface area (TPSA) is 157 Å². The van der Waals surface area contributed by atoms with Crippen LogP contribution in [0.1, 0.15) is 28.5 Å². The molecule has 1 aromatic heterocycles. The van der Waals surface area contributed by atoms with Gasteiger partial charge in [-0.15, -0.1) is 0 Å². The Bertz CT molecular complexity index is 1290. The summed E-state index contributed by atoms with van der Waals surface area (Å²) >= 11 is 0. The average molecular weight is 470 g/mol. The van der Waals surface area contributed by atoms with Gasteiger partial charge in [-0.25, -0.2) is 9.97 Å². The molecule has 0 radical (unpaired) electrons. The van der Waals surface area contributed by atoms with E-state index in [1.165, 1.54) is 37.3 Å². The highest BCUT2D eigenvalue weighted by Crippen LogP contribution is 2.39. The smallest absolute Gasteiger partial charge is 0.417 e. The first kappa shape index (κ1) is 24.0. The molecule has 0 saturated carbocycles. The van der Waals surface area contributed by atoms with Crippen LogP contribution < -0.4 is 21.5 Å². The molecule has 2 aromatic carbocycles. The van der Waals surface area contributed by atoms with Gasteiger partial charge < -0.3 is 21.5 Å². The van der Waals surface area contributed by atoms with E-state index in [2.05, 4.69) is 15.3 Å². The van der Waals surface area contributed by atoms with Gasteiger partial charge in [-0.2, -0.15) is 18.4 Å². The van der Waals surface area contributed by atoms with Crippen molar-refractivity contribution in [3.63, 3.8) is 0 Å². The van der Waals surface area contributed by atoms with Gasteiger partial charge in [0.25, 0.3) is 5.91 Å².